The second-order valence-electron chi connectivity index (χ2n) is 4.16. The molecule has 2 heterocycles. The molecule has 0 atom stereocenters. The zero-order valence-corrected chi connectivity index (χ0v) is 10.2. The number of aromatic nitrogens is 4. The van der Waals surface area contributed by atoms with E-state index in [-0.39, 0.29) is 0 Å². The molecule has 0 fully saturated rings. The number of aryl methyl sites for hydroxylation is 1. The maximum atomic E-state index is 4.47. The average Bonchev–Trinajstić information content (AvgIpc) is 2.83. The van der Waals surface area contributed by atoms with Crippen molar-refractivity contribution < 1.29 is 0 Å². The van der Waals surface area contributed by atoms with Gasteiger partial charge in [0.15, 0.2) is 5.65 Å². The van der Waals surface area contributed by atoms with Crippen LogP contribution in [0.25, 0.3) is 16.9 Å². The van der Waals surface area contributed by atoms with E-state index >= 15 is 0 Å². The molecule has 4 heteroatoms. The molecule has 89 valence electrons. The lowest BCUT2D eigenvalue weighted by Crippen LogP contribution is -1.99. The smallest absolute Gasteiger partial charge is 0.202 e. The number of hydrogen-bond acceptors (Lipinski definition) is 3. The summed E-state index contributed by atoms with van der Waals surface area (Å²) in [6, 6.07) is 12.0. The molecule has 18 heavy (non-hydrogen) atoms. The summed E-state index contributed by atoms with van der Waals surface area (Å²) in [6.07, 6.45) is 4.79. The largest absolute Gasteiger partial charge is 0.214 e. The zero-order chi connectivity index (χ0) is 12.4. The minimum absolute atomic E-state index is 0.798. The molecule has 0 N–H and O–H groups in total. The summed E-state index contributed by atoms with van der Waals surface area (Å²) >= 11 is 0. The van der Waals surface area contributed by atoms with Crippen LogP contribution in [0.4, 0.5) is 0 Å². The minimum Gasteiger partial charge on any atom is -0.214 e. The van der Waals surface area contributed by atoms with Gasteiger partial charge < -0.3 is 0 Å². The monoisotopic (exact) mass is 237 g/mol. The highest BCUT2D eigenvalue weighted by Gasteiger charge is 2.06. The van der Waals surface area contributed by atoms with Crippen molar-refractivity contribution in [2.75, 3.05) is 0 Å². The third-order valence-corrected chi connectivity index (χ3v) is 2.75. The summed E-state index contributed by atoms with van der Waals surface area (Å²) in [4.78, 5) is 8.64. The second kappa shape index (κ2) is 4.56. The highest BCUT2D eigenvalue weighted by Crippen LogP contribution is 2.17. The van der Waals surface area contributed by atoms with Gasteiger partial charge >= 0.3 is 0 Å². The Hall–Kier alpha value is -2.23. The van der Waals surface area contributed by atoms with Gasteiger partial charge in [-0.1, -0.05) is 37.3 Å². The fourth-order valence-electron chi connectivity index (χ4n) is 1.87. The average molecular weight is 237 g/mol. The molecular formula is C14H13N4. The SMILES string of the molecule is CCCc1n[c]n2nc(-c3ccccc3)cc2n1. The van der Waals surface area contributed by atoms with Gasteiger partial charge in [-0.25, -0.2) is 9.97 Å². The van der Waals surface area contributed by atoms with Crippen LogP contribution in [0.2, 0.25) is 0 Å². The normalized spacial score (nSPS) is 10.9. The summed E-state index contributed by atoms with van der Waals surface area (Å²) in [5, 5.41) is 4.42. The predicted molar refractivity (Wildman–Crippen MR) is 69.0 cm³/mol. The molecule has 0 saturated carbocycles. The molecule has 2 aromatic heterocycles. The Kier molecular flexibility index (Phi) is 2.76. The Labute approximate surface area is 105 Å². The van der Waals surface area contributed by atoms with Crippen LogP contribution in [0, 0.1) is 6.33 Å². The van der Waals surface area contributed by atoms with Crippen molar-refractivity contribution in [1.82, 2.24) is 19.6 Å². The first-order valence-corrected chi connectivity index (χ1v) is 6.06. The van der Waals surface area contributed by atoms with E-state index in [9.17, 15) is 0 Å². The number of fused-ring (bicyclic) bond motifs is 1. The van der Waals surface area contributed by atoms with Gasteiger partial charge in [0.2, 0.25) is 6.33 Å². The highest BCUT2D eigenvalue weighted by molar-refractivity contribution is 5.63. The summed E-state index contributed by atoms with van der Waals surface area (Å²) in [6.45, 7) is 2.11. The van der Waals surface area contributed by atoms with E-state index in [1.807, 2.05) is 36.4 Å². The third-order valence-electron chi connectivity index (χ3n) is 2.75. The molecule has 0 bridgehead atoms. The Bertz CT molecular complexity index is 658. The van der Waals surface area contributed by atoms with Crippen LogP contribution in [0.3, 0.4) is 0 Å². The van der Waals surface area contributed by atoms with Crippen molar-refractivity contribution in [2.24, 2.45) is 0 Å². The molecule has 0 aliphatic heterocycles. The fraction of sp³-hybridized carbons (Fsp3) is 0.214. The molecule has 3 rings (SSSR count). The van der Waals surface area contributed by atoms with Gasteiger partial charge in [-0.15, -0.1) is 0 Å². The molecule has 1 radical (unpaired) electrons. The van der Waals surface area contributed by atoms with Crippen molar-refractivity contribution in [2.45, 2.75) is 19.8 Å². The number of nitrogens with zero attached hydrogens (tertiary/aromatic N) is 4. The lowest BCUT2D eigenvalue weighted by atomic mass is 10.2. The Morgan fingerprint density at radius 3 is 2.83 bits per heavy atom. The molecule has 0 saturated heterocycles. The Morgan fingerprint density at radius 2 is 2.06 bits per heavy atom. The first-order valence-electron chi connectivity index (χ1n) is 6.06. The quantitative estimate of drug-likeness (QED) is 0.703. The van der Waals surface area contributed by atoms with Crippen LogP contribution >= 0.6 is 0 Å². The molecule has 0 amide bonds. The number of hydrogen-bond donors (Lipinski definition) is 0. The van der Waals surface area contributed by atoms with Gasteiger partial charge in [0, 0.05) is 18.1 Å². The summed E-state index contributed by atoms with van der Waals surface area (Å²) in [5.74, 6) is 0.824. The molecule has 1 aromatic carbocycles. The van der Waals surface area contributed by atoms with Crippen LogP contribution in [-0.2, 0) is 6.42 Å². The molecule has 0 spiro atoms. The van der Waals surface area contributed by atoms with Crippen molar-refractivity contribution in [3.63, 3.8) is 0 Å². The van der Waals surface area contributed by atoms with Gasteiger partial charge in [0.1, 0.15) is 5.82 Å². The van der Waals surface area contributed by atoms with Crippen molar-refractivity contribution in [1.29, 1.82) is 0 Å². The Morgan fingerprint density at radius 1 is 1.22 bits per heavy atom. The van der Waals surface area contributed by atoms with Crippen LogP contribution in [0.15, 0.2) is 36.4 Å². The molecule has 0 aliphatic carbocycles. The lowest BCUT2D eigenvalue weighted by Gasteiger charge is -1.95. The van der Waals surface area contributed by atoms with Crippen molar-refractivity contribution >= 4 is 5.65 Å². The zero-order valence-electron chi connectivity index (χ0n) is 10.2. The summed E-state index contributed by atoms with van der Waals surface area (Å²) in [5.41, 5.74) is 2.77. The summed E-state index contributed by atoms with van der Waals surface area (Å²) < 4.78 is 1.60. The minimum atomic E-state index is 0.798. The maximum Gasteiger partial charge on any atom is 0.202 e. The van der Waals surface area contributed by atoms with Gasteiger partial charge in [-0.2, -0.15) is 9.61 Å². The fourth-order valence-corrected chi connectivity index (χ4v) is 1.87. The third kappa shape index (κ3) is 1.97. The van der Waals surface area contributed by atoms with E-state index in [0.29, 0.717) is 0 Å². The van der Waals surface area contributed by atoms with E-state index < -0.39 is 0 Å². The highest BCUT2D eigenvalue weighted by atomic mass is 15.3. The van der Waals surface area contributed by atoms with Crippen LogP contribution in [-0.4, -0.2) is 19.6 Å². The lowest BCUT2D eigenvalue weighted by molar-refractivity contribution is 0.790. The molecule has 0 aliphatic rings. The van der Waals surface area contributed by atoms with Gasteiger partial charge in [-0.05, 0) is 6.42 Å². The molecule has 4 nitrogen and oxygen atoms in total. The number of rotatable bonds is 3. The van der Waals surface area contributed by atoms with Crippen LogP contribution < -0.4 is 0 Å². The van der Waals surface area contributed by atoms with Crippen LogP contribution in [0.1, 0.15) is 19.2 Å². The molecular weight excluding hydrogens is 224 g/mol. The van der Waals surface area contributed by atoms with E-state index in [1.54, 1.807) is 4.52 Å². The second-order valence-corrected chi connectivity index (χ2v) is 4.16. The summed E-state index contributed by atoms with van der Waals surface area (Å²) in [7, 11) is 0. The predicted octanol–water partition coefficient (Wildman–Crippen LogP) is 2.54. The standard InChI is InChI=1S/C14H13N4/c1-2-6-13-15-10-18-14(16-13)9-12(17-18)11-7-4-3-5-8-11/h3-5,7-9H,2,6H2,1H3. The molecule has 3 aromatic rings. The van der Waals surface area contributed by atoms with Gasteiger partial charge in [0.05, 0.1) is 5.69 Å². The van der Waals surface area contributed by atoms with E-state index in [0.717, 1.165) is 35.6 Å². The van der Waals surface area contributed by atoms with Crippen LogP contribution in [0.5, 0.6) is 0 Å². The first-order chi connectivity index (χ1) is 8.86. The maximum absolute atomic E-state index is 4.47. The topological polar surface area (TPSA) is 43.1 Å². The number of benzene rings is 1. The van der Waals surface area contributed by atoms with Crippen molar-refractivity contribution in [3.05, 3.63) is 48.5 Å². The Balaban J connectivity index is 2.06. The molecule has 0 unspecified atom stereocenters. The van der Waals surface area contributed by atoms with Gasteiger partial charge in [-0.3, -0.25) is 0 Å². The van der Waals surface area contributed by atoms with Crippen molar-refractivity contribution in [3.8, 4) is 11.3 Å². The first kappa shape index (κ1) is 10.9. The van der Waals surface area contributed by atoms with E-state index in [4.69, 9.17) is 0 Å². The van der Waals surface area contributed by atoms with Gasteiger partial charge in [0.25, 0.3) is 0 Å². The van der Waals surface area contributed by atoms with E-state index in [2.05, 4.69) is 28.3 Å². The van der Waals surface area contributed by atoms with E-state index in [1.165, 1.54) is 0 Å².